The topological polar surface area (TPSA) is 47.3 Å². The van der Waals surface area contributed by atoms with Crippen molar-refractivity contribution in [3.63, 3.8) is 0 Å². The van der Waals surface area contributed by atoms with Crippen LogP contribution >= 0.6 is 0 Å². The summed E-state index contributed by atoms with van der Waals surface area (Å²) in [5, 5.41) is 3.24. The van der Waals surface area contributed by atoms with Crippen molar-refractivity contribution in [1.29, 1.82) is 0 Å². The zero-order valence-corrected chi connectivity index (χ0v) is 8.88. The van der Waals surface area contributed by atoms with Gasteiger partial charge in [0.15, 0.2) is 5.89 Å². The van der Waals surface area contributed by atoms with Gasteiger partial charge in [-0.15, -0.1) is 0 Å². The number of hydrogen-bond acceptors (Lipinski definition) is 4. The minimum atomic E-state index is 0.742. The summed E-state index contributed by atoms with van der Waals surface area (Å²) in [6.45, 7) is 4.55. The lowest BCUT2D eigenvalue weighted by atomic mass is 10.4. The van der Waals surface area contributed by atoms with E-state index in [4.69, 9.17) is 9.15 Å². The summed E-state index contributed by atoms with van der Waals surface area (Å²) in [7, 11) is 1.70. The predicted octanol–water partition coefficient (Wildman–Crippen LogP) is 1.02. The number of aromatic nitrogens is 1. The van der Waals surface area contributed by atoms with Gasteiger partial charge in [-0.1, -0.05) is 6.92 Å². The van der Waals surface area contributed by atoms with Crippen molar-refractivity contribution >= 4 is 0 Å². The molecule has 0 saturated heterocycles. The van der Waals surface area contributed by atoms with Crippen LogP contribution in [0.5, 0.6) is 0 Å². The lowest BCUT2D eigenvalue weighted by Crippen LogP contribution is -2.21. The molecule has 1 rings (SSSR count). The molecule has 4 nitrogen and oxygen atoms in total. The van der Waals surface area contributed by atoms with Gasteiger partial charge in [-0.05, 0) is 0 Å². The van der Waals surface area contributed by atoms with Crippen molar-refractivity contribution in [1.82, 2.24) is 10.3 Å². The molecule has 1 aromatic rings. The van der Waals surface area contributed by atoms with Crippen molar-refractivity contribution in [3.8, 4) is 0 Å². The minimum absolute atomic E-state index is 0.742. The van der Waals surface area contributed by atoms with Gasteiger partial charge in [0, 0.05) is 33.0 Å². The Balaban J connectivity index is 2.12. The maximum atomic E-state index is 5.46. The van der Waals surface area contributed by atoms with Gasteiger partial charge in [0.25, 0.3) is 0 Å². The fraction of sp³-hybridized carbons (Fsp3) is 0.700. The molecule has 1 aromatic heterocycles. The predicted molar refractivity (Wildman–Crippen MR) is 54.3 cm³/mol. The van der Waals surface area contributed by atoms with Gasteiger partial charge in [0.05, 0.1) is 12.8 Å². The van der Waals surface area contributed by atoms with Crippen molar-refractivity contribution < 1.29 is 9.15 Å². The first-order valence-electron chi connectivity index (χ1n) is 5.00. The SMILES string of the molecule is CCc1cnc(CCNCCOC)o1. The summed E-state index contributed by atoms with van der Waals surface area (Å²) in [5.41, 5.74) is 0. The van der Waals surface area contributed by atoms with E-state index in [0.29, 0.717) is 0 Å². The van der Waals surface area contributed by atoms with E-state index in [1.54, 1.807) is 13.3 Å². The molecule has 1 heterocycles. The molecule has 0 spiro atoms. The number of nitrogens with zero attached hydrogens (tertiary/aromatic N) is 1. The van der Waals surface area contributed by atoms with E-state index >= 15 is 0 Å². The van der Waals surface area contributed by atoms with Crippen LogP contribution < -0.4 is 5.32 Å². The highest BCUT2D eigenvalue weighted by Crippen LogP contribution is 2.03. The molecule has 0 aliphatic carbocycles. The minimum Gasteiger partial charge on any atom is -0.446 e. The molecular formula is C10H18N2O2. The van der Waals surface area contributed by atoms with Gasteiger partial charge in [-0.25, -0.2) is 4.98 Å². The third-order valence-corrected chi connectivity index (χ3v) is 1.95. The van der Waals surface area contributed by atoms with Crippen LogP contribution in [0.1, 0.15) is 18.6 Å². The van der Waals surface area contributed by atoms with Crippen LogP contribution in [0.4, 0.5) is 0 Å². The average Bonchev–Trinajstić information content (AvgIpc) is 2.65. The lowest BCUT2D eigenvalue weighted by Gasteiger charge is -2.00. The molecule has 0 saturated carbocycles. The van der Waals surface area contributed by atoms with Crippen LogP contribution in [0.3, 0.4) is 0 Å². The smallest absolute Gasteiger partial charge is 0.195 e. The zero-order chi connectivity index (χ0) is 10.2. The Kier molecular flexibility index (Phi) is 5.25. The van der Waals surface area contributed by atoms with E-state index in [0.717, 1.165) is 44.2 Å². The van der Waals surface area contributed by atoms with E-state index in [2.05, 4.69) is 17.2 Å². The number of oxazole rings is 1. The third-order valence-electron chi connectivity index (χ3n) is 1.95. The van der Waals surface area contributed by atoms with Gasteiger partial charge in [0.2, 0.25) is 0 Å². The quantitative estimate of drug-likeness (QED) is 0.664. The van der Waals surface area contributed by atoms with Crippen LogP contribution in [0.15, 0.2) is 10.6 Å². The summed E-state index contributed by atoms with van der Waals surface area (Å²) in [6.07, 6.45) is 3.54. The maximum absolute atomic E-state index is 5.46. The van der Waals surface area contributed by atoms with Gasteiger partial charge in [0.1, 0.15) is 5.76 Å². The van der Waals surface area contributed by atoms with E-state index < -0.39 is 0 Å². The molecule has 0 fully saturated rings. The molecule has 0 aliphatic rings. The number of ether oxygens (including phenoxy) is 1. The first-order valence-corrected chi connectivity index (χ1v) is 5.00. The second-order valence-electron chi connectivity index (χ2n) is 3.07. The molecule has 14 heavy (non-hydrogen) atoms. The number of nitrogens with one attached hydrogen (secondary N) is 1. The lowest BCUT2D eigenvalue weighted by molar-refractivity contribution is 0.199. The number of hydrogen-bond donors (Lipinski definition) is 1. The summed E-state index contributed by atoms with van der Waals surface area (Å²) >= 11 is 0. The Labute approximate surface area is 84.7 Å². The van der Waals surface area contributed by atoms with E-state index in [1.165, 1.54) is 0 Å². The van der Waals surface area contributed by atoms with Crippen LogP contribution in [0.25, 0.3) is 0 Å². The summed E-state index contributed by atoms with van der Waals surface area (Å²) < 4.78 is 10.4. The first kappa shape index (κ1) is 11.2. The van der Waals surface area contributed by atoms with Crippen molar-refractivity contribution in [2.45, 2.75) is 19.8 Å². The zero-order valence-electron chi connectivity index (χ0n) is 8.88. The Morgan fingerprint density at radius 3 is 3.00 bits per heavy atom. The van der Waals surface area contributed by atoms with E-state index in [1.807, 2.05) is 0 Å². The second-order valence-corrected chi connectivity index (χ2v) is 3.07. The number of aryl methyl sites for hydroxylation is 1. The molecule has 0 aliphatic heterocycles. The molecule has 0 atom stereocenters. The standard InChI is InChI=1S/C10H18N2O2/c1-3-9-8-12-10(14-9)4-5-11-6-7-13-2/h8,11H,3-7H2,1-2H3. The highest BCUT2D eigenvalue weighted by molar-refractivity contribution is 4.93. The fourth-order valence-corrected chi connectivity index (χ4v) is 1.12. The molecule has 0 amide bonds. The van der Waals surface area contributed by atoms with Crippen molar-refractivity contribution in [2.75, 3.05) is 26.8 Å². The highest BCUT2D eigenvalue weighted by Gasteiger charge is 2.00. The van der Waals surface area contributed by atoms with Gasteiger partial charge < -0.3 is 14.5 Å². The van der Waals surface area contributed by atoms with Crippen molar-refractivity contribution in [2.24, 2.45) is 0 Å². The summed E-state index contributed by atoms with van der Waals surface area (Å²) in [6, 6.07) is 0. The second kappa shape index (κ2) is 6.56. The number of methoxy groups -OCH3 is 1. The molecule has 0 bridgehead atoms. The largest absolute Gasteiger partial charge is 0.446 e. The van der Waals surface area contributed by atoms with Crippen LogP contribution in [-0.4, -0.2) is 31.8 Å². The molecular weight excluding hydrogens is 180 g/mol. The Hall–Kier alpha value is -0.870. The van der Waals surface area contributed by atoms with Crippen LogP contribution in [0, 0.1) is 0 Å². The molecule has 0 radical (unpaired) electrons. The summed E-state index contributed by atoms with van der Waals surface area (Å²) in [4.78, 5) is 4.17. The normalized spacial score (nSPS) is 10.7. The van der Waals surface area contributed by atoms with Gasteiger partial charge in [-0.2, -0.15) is 0 Å². The van der Waals surface area contributed by atoms with Crippen molar-refractivity contribution in [3.05, 3.63) is 17.8 Å². The van der Waals surface area contributed by atoms with E-state index in [9.17, 15) is 0 Å². The van der Waals surface area contributed by atoms with Gasteiger partial charge >= 0.3 is 0 Å². The Morgan fingerprint density at radius 1 is 1.50 bits per heavy atom. The maximum Gasteiger partial charge on any atom is 0.195 e. The molecule has 0 unspecified atom stereocenters. The molecule has 4 heteroatoms. The monoisotopic (exact) mass is 198 g/mol. The molecule has 80 valence electrons. The Morgan fingerprint density at radius 2 is 2.36 bits per heavy atom. The molecule has 1 N–H and O–H groups in total. The van der Waals surface area contributed by atoms with E-state index in [-0.39, 0.29) is 0 Å². The van der Waals surface area contributed by atoms with Crippen LogP contribution in [-0.2, 0) is 17.6 Å². The Bertz CT molecular complexity index is 248. The fourth-order valence-electron chi connectivity index (χ4n) is 1.12. The first-order chi connectivity index (χ1) is 6.86. The average molecular weight is 198 g/mol. The summed E-state index contributed by atoms with van der Waals surface area (Å²) in [5.74, 6) is 1.77. The number of rotatable bonds is 7. The van der Waals surface area contributed by atoms with Gasteiger partial charge in [-0.3, -0.25) is 0 Å². The highest BCUT2D eigenvalue weighted by atomic mass is 16.5. The molecule has 0 aromatic carbocycles. The third kappa shape index (κ3) is 3.89. The van der Waals surface area contributed by atoms with Crippen LogP contribution in [0.2, 0.25) is 0 Å².